The van der Waals surface area contributed by atoms with Gasteiger partial charge in [-0.2, -0.15) is 0 Å². The smallest absolute Gasteiger partial charge is 0.267 e. The molecular formula is C22H26N2O6S. The molecule has 0 aromatic heterocycles. The van der Waals surface area contributed by atoms with Crippen LogP contribution in [0.1, 0.15) is 24.0 Å². The van der Waals surface area contributed by atoms with E-state index in [0.29, 0.717) is 17.9 Å². The van der Waals surface area contributed by atoms with Crippen molar-refractivity contribution in [2.75, 3.05) is 20.8 Å². The molecule has 0 saturated carbocycles. The van der Waals surface area contributed by atoms with Crippen LogP contribution < -0.4 is 14.8 Å². The molecule has 8 nitrogen and oxygen atoms in total. The fraction of sp³-hybridized carbons (Fsp3) is 0.364. The third kappa shape index (κ3) is 4.82. The van der Waals surface area contributed by atoms with E-state index in [9.17, 15) is 18.0 Å². The van der Waals surface area contributed by atoms with Gasteiger partial charge in [-0.25, -0.2) is 12.7 Å². The topological polar surface area (TPSA) is 102 Å². The number of carbonyl (C=O) groups is 2. The van der Waals surface area contributed by atoms with Crippen molar-refractivity contribution < 1.29 is 27.5 Å². The van der Waals surface area contributed by atoms with Gasteiger partial charge in [0.2, 0.25) is 11.8 Å². The van der Waals surface area contributed by atoms with Gasteiger partial charge in [-0.15, -0.1) is 0 Å². The monoisotopic (exact) mass is 446 g/mol. The number of sulfonamides is 1. The molecule has 1 aliphatic rings. The zero-order chi connectivity index (χ0) is 22.6. The molecular weight excluding hydrogens is 420 g/mol. The first-order valence-corrected chi connectivity index (χ1v) is 11.3. The molecule has 2 aromatic carbocycles. The van der Waals surface area contributed by atoms with Crippen LogP contribution in [-0.2, 0) is 26.0 Å². The Bertz CT molecular complexity index is 1070. The molecule has 0 unspecified atom stereocenters. The second kappa shape index (κ2) is 9.38. The van der Waals surface area contributed by atoms with Gasteiger partial charge >= 0.3 is 0 Å². The van der Waals surface area contributed by atoms with E-state index in [2.05, 4.69) is 5.32 Å². The minimum atomic E-state index is -4.10. The van der Waals surface area contributed by atoms with Crippen LogP contribution in [0.4, 0.5) is 0 Å². The molecule has 1 aliphatic heterocycles. The molecule has 1 heterocycles. The second-order valence-electron chi connectivity index (χ2n) is 7.29. The number of aryl methyl sites for hydroxylation is 1. The molecule has 0 spiro atoms. The van der Waals surface area contributed by atoms with Crippen molar-refractivity contribution in [3.63, 3.8) is 0 Å². The van der Waals surface area contributed by atoms with Crippen LogP contribution in [-0.4, -0.2) is 51.3 Å². The molecule has 1 atom stereocenters. The molecule has 0 bridgehead atoms. The Hall–Kier alpha value is -3.07. The highest BCUT2D eigenvalue weighted by Gasteiger charge is 2.44. The number of ether oxygens (including phenoxy) is 2. The van der Waals surface area contributed by atoms with Crippen molar-refractivity contribution in [2.24, 2.45) is 0 Å². The van der Waals surface area contributed by atoms with Crippen molar-refractivity contribution in [1.29, 1.82) is 0 Å². The Balaban J connectivity index is 1.68. The van der Waals surface area contributed by atoms with Crippen LogP contribution in [0.25, 0.3) is 0 Å². The van der Waals surface area contributed by atoms with E-state index in [1.165, 1.54) is 12.1 Å². The third-order valence-corrected chi connectivity index (χ3v) is 7.05. The van der Waals surface area contributed by atoms with Crippen molar-refractivity contribution >= 4 is 21.8 Å². The van der Waals surface area contributed by atoms with E-state index in [-0.39, 0.29) is 24.3 Å². The Morgan fingerprint density at radius 2 is 1.77 bits per heavy atom. The highest BCUT2D eigenvalue weighted by Crippen LogP contribution is 2.29. The molecule has 0 radical (unpaired) electrons. The number of hydrogen-bond acceptors (Lipinski definition) is 6. The SMILES string of the molecule is COc1ccc(CCNC(=O)[C@@H]2CCC(=O)N2S(=O)(=O)c2ccc(C)cc2)cc1OC. The second-order valence-corrected chi connectivity index (χ2v) is 9.11. The summed E-state index contributed by atoms with van der Waals surface area (Å²) < 4.78 is 37.2. The molecule has 1 N–H and O–H groups in total. The number of amides is 2. The standard InChI is InChI=1S/C22H26N2O6S/c1-15-4-7-17(8-5-15)31(27,28)24-18(9-11-21(24)25)22(26)23-13-12-16-6-10-19(29-2)20(14-16)30-3/h4-8,10,14,18H,9,11-13H2,1-3H3,(H,23,26)/t18-/m0/s1. The molecule has 0 aliphatic carbocycles. The minimum Gasteiger partial charge on any atom is -0.493 e. The third-order valence-electron chi connectivity index (χ3n) is 5.20. The number of hydrogen-bond donors (Lipinski definition) is 1. The number of nitrogens with one attached hydrogen (secondary N) is 1. The molecule has 2 amide bonds. The van der Waals surface area contributed by atoms with Gasteiger partial charge in [0.15, 0.2) is 11.5 Å². The van der Waals surface area contributed by atoms with E-state index in [1.54, 1.807) is 32.4 Å². The summed E-state index contributed by atoms with van der Waals surface area (Å²) in [6.45, 7) is 2.13. The van der Waals surface area contributed by atoms with E-state index < -0.39 is 27.9 Å². The molecule has 3 rings (SSSR count). The van der Waals surface area contributed by atoms with E-state index in [4.69, 9.17) is 9.47 Å². The molecule has 9 heteroatoms. The average Bonchev–Trinajstić information content (AvgIpc) is 3.16. The maximum absolute atomic E-state index is 13.0. The lowest BCUT2D eigenvalue weighted by Gasteiger charge is -2.23. The van der Waals surface area contributed by atoms with Crippen molar-refractivity contribution in [1.82, 2.24) is 9.62 Å². The van der Waals surface area contributed by atoms with Gasteiger partial charge in [-0.1, -0.05) is 23.8 Å². The zero-order valence-electron chi connectivity index (χ0n) is 17.8. The summed E-state index contributed by atoms with van der Waals surface area (Å²) in [5.41, 5.74) is 1.82. The number of carbonyl (C=O) groups excluding carboxylic acids is 2. The molecule has 1 fully saturated rings. The largest absolute Gasteiger partial charge is 0.493 e. The van der Waals surface area contributed by atoms with Crippen LogP contribution >= 0.6 is 0 Å². The molecule has 2 aromatic rings. The van der Waals surface area contributed by atoms with Gasteiger partial charge in [0.25, 0.3) is 10.0 Å². The summed E-state index contributed by atoms with van der Waals surface area (Å²) >= 11 is 0. The van der Waals surface area contributed by atoms with Gasteiger partial charge in [-0.3, -0.25) is 9.59 Å². The van der Waals surface area contributed by atoms with Gasteiger partial charge in [0.1, 0.15) is 6.04 Å². The van der Waals surface area contributed by atoms with Crippen molar-refractivity contribution in [3.8, 4) is 11.5 Å². The number of benzene rings is 2. The van der Waals surface area contributed by atoms with Crippen LogP contribution in [0.15, 0.2) is 47.4 Å². The molecule has 31 heavy (non-hydrogen) atoms. The van der Waals surface area contributed by atoms with Crippen LogP contribution in [0, 0.1) is 6.92 Å². The van der Waals surface area contributed by atoms with Crippen LogP contribution in [0.2, 0.25) is 0 Å². The van der Waals surface area contributed by atoms with Crippen molar-refractivity contribution in [3.05, 3.63) is 53.6 Å². The van der Waals surface area contributed by atoms with Crippen molar-refractivity contribution in [2.45, 2.75) is 37.1 Å². The lowest BCUT2D eigenvalue weighted by Crippen LogP contribution is -2.47. The maximum Gasteiger partial charge on any atom is 0.267 e. The first-order chi connectivity index (χ1) is 14.8. The van der Waals surface area contributed by atoms with Crippen LogP contribution in [0.5, 0.6) is 11.5 Å². The summed E-state index contributed by atoms with van der Waals surface area (Å²) in [6.07, 6.45) is 0.683. The Morgan fingerprint density at radius 3 is 2.42 bits per heavy atom. The predicted molar refractivity (Wildman–Crippen MR) is 114 cm³/mol. The normalized spacial score (nSPS) is 16.3. The zero-order valence-corrected chi connectivity index (χ0v) is 18.6. The lowest BCUT2D eigenvalue weighted by molar-refractivity contribution is -0.130. The highest BCUT2D eigenvalue weighted by atomic mass is 32.2. The number of methoxy groups -OCH3 is 2. The summed E-state index contributed by atoms with van der Waals surface area (Å²) in [5.74, 6) is 0.141. The maximum atomic E-state index is 13.0. The number of nitrogens with zero attached hydrogens (tertiary/aromatic N) is 1. The highest BCUT2D eigenvalue weighted by molar-refractivity contribution is 7.89. The Labute approximate surface area is 182 Å². The quantitative estimate of drug-likeness (QED) is 0.666. The summed E-state index contributed by atoms with van der Waals surface area (Å²) in [6, 6.07) is 10.6. The van der Waals surface area contributed by atoms with Gasteiger partial charge in [0, 0.05) is 13.0 Å². The van der Waals surface area contributed by atoms with Gasteiger partial charge in [0.05, 0.1) is 19.1 Å². The molecule has 1 saturated heterocycles. The first kappa shape index (κ1) is 22.6. The lowest BCUT2D eigenvalue weighted by atomic mass is 10.1. The van der Waals surface area contributed by atoms with E-state index in [0.717, 1.165) is 15.4 Å². The van der Waals surface area contributed by atoms with E-state index >= 15 is 0 Å². The summed E-state index contributed by atoms with van der Waals surface area (Å²) in [4.78, 5) is 25.1. The Morgan fingerprint density at radius 1 is 1.10 bits per heavy atom. The van der Waals surface area contributed by atoms with Gasteiger partial charge in [-0.05, 0) is 49.6 Å². The van der Waals surface area contributed by atoms with E-state index in [1.807, 2.05) is 19.1 Å². The van der Waals surface area contributed by atoms with Crippen LogP contribution in [0.3, 0.4) is 0 Å². The summed E-state index contributed by atoms with van der Waals surface area (Å²) in [7, 11) is -1.00. The summed E-state index contributed by atoms with van der Waals surface area (Å²) in [5, 5.41) is 2.75. The predicted octanol–water partition coefficient (Wildman–Crippen LogP) is 2.05. The average molecular weight is 447 g/mol. The minimum absolute atomic E-state index is 0.00326. The fourth-order valence-electron chi connectivity index (χ4n) is 3.51. The molecule has 166 valence electrons. The number of rotatable bonds is 8. The van der Waals surface area contributed by atoms with Gasteiger partial charge < -0.3 is 14.8 Å². The fourth-order valence-corrected chi connectivity index (χ4v) is 5.11. The Kier molecular flexibility index (Phi) is 6.84. The first-order valence-electron chi connectivity index (χ1n) is 9.90.